The van der Waals surface area contributed by atoms with Gasteiger partial charge in [-0.25, -0.2) is 9.98 Å². The van der Waals surface area contributed by atoms with E-state index in [-0.39, 0.29) is 0 Å². The molecular formula is C38H46N4. The molecule has 0 amide bonds. The van der Waals surface area contributed by atoms with Crippen LogP contribution in [-0.2, 0) is 0 Å². The van der Waals surface area contributed by atoms with Crippen LogP contribution in [0.25, 0.3) is 0 Å². The Balaban J connectivity index is 1.24. The second-order valence-corrected chi connectivity index (χ2v) is 11.4. The van der Waals surface area contributed by atoms with Gasteiger partial charge in [-0.2, -0.15) is 0 Å². The van der Waals surface area contributed by atoms with Gasteiger partial charge < -0.3 is 10.6 Å². The first kappa shape index (κ1) is 30.8. The Morgan fingerprint density at radius 3 is 1.02 bits per heavy atom. The number of nitrogens with one attached hydrogen (secondary N) is 2. The van der Waals surface area contributed by atoms with Gasteiger partial charge in [0.2, 0.25) is 0 Å². The van der Waals surface area contributed by atoms with E-state index in [1.807, 2.05) is 0 Å². The molecule has 4 heteroatoms. The summed E-state index contributed by atoms with van der Waals surface area (Å²) in [6.45, 7) is 8.45. The summed E-state index contributed by atoms with van der Waals surface area (Å²) in [5.41, 5.74) is 9.20. The number of nitrogens with zero attached hydrogens (tertiary/aromatic N) is 2. The molecule has 0 aromatic heterocycles. The van der Waals surface area contributed by atoms with Crippen molar-refractivity contribution in [3.05, 3.63) is 119 Å². The van der Waals surface area contributed by atoms with Gasteiger partial charge in [0.1, 0.15) is 11.7 Å². The highest BCUT2D eigenvalue weighted by Gasteiger charge is 2.05. The number of amidine groups is 2. The van der Waals surface area contributed by atoms with Gasteiger partial charge in [0.25, 0.3) is 0 Å². The van der Waals surface area contributed by atoms with E-state index in [0.717, 1.165) is 60.1 Å². The van der Waals surface area contributed by atoms with Crippen LogP contribution in [0.15, 0.2) is 107 Å². The van der Waals surface area contributed by atoms with Crippen LogP contribution < -0.4 is 10.6 Å². The zero-order valence-electron chi connectivity index (χ0n) is 25.8. The molecule has 0 bridgehead atoms. The molecule has 0 aliphatic carbocycles. The molecule has 0 fully saturated rings. The van der Waals surface area contributed by atoms with Gasteiger partial charge in [0.15, 0.2) is 0 Å². The lowest BCUT2D eigenvalue weighted by molar-refractivity contribution is 0.607. The Labute approximate surface area is 253 Å². The standard InChI is InChI=1S/C38H46N4/c1-29-13-21-33(22-14-29)39-37(40-34-23-15-30(2)16-24-34)11-9-7-5-6-8-10-12-38(41-35-25-17-31(3)18-26-35)42-36-27-19-32(4)20-28-36/h13-28H,5-12H2,1-4H3,(H,39,40)(H,41,42). The van der Waals surface area contributed by atoms with Crippen LogP contribution in [0.2, 0.25) is 0 Å². The maximum atomic E-state index is 4.95. The van der Waals surface area contributed by atoms with Crippen LogP contribution in [0.4, 0.5) is 22.7 Å². The molecule has 4 rings (SSSR count). The van der Waals surface area contributed by atoms with Crippen molar-refractivity contribution in [2.75, 3.05) is 10.6 Å². The second-order valence-electron chi connectivity index (χ2n) is 11.4. The molecule has 218 valence electrons. The Kier molecular flexibility index (Phi) is 11.9. The van der Waals surface area contributed by atoms with Crippen LogP contribution in [0.3, 0.4) is 0 Å². The smallest absolute Gasteiger partial charge is 0.107 e. The molecule has 4 aromatic carbocycles. The molecule has 0 aliphatic heterocycles. The van der Waals surface area contributed by atoms with E-state index in [1.165, 1.54) is 47.9 Å². The van der Waals surface area contributed by atoms with E-state index >= 15 is 0 Å². The molecule has 0 aliphatic rings. The minimum absolute atomic E-state index is 0.940. The molecular weight excluding hydrogens is 512 g/mol. The van der Waals surface area contributed by atoms with E-state index in [2.05, 4.69) is 135 Å². The van der Waals surface area contributed by atoms with Crippen LogP contribution in [0.5, 0.6) is 0 Å². The van der Waals surface area contributed by atoms with Crippen molar-refractivity contribution in [1.82, 2.24) is 0 Å². The molecule has 4 nitrogen and oxygen atoms in total. The van der Waals surface area contributed by atoms with E-state index in [1.54, 1.807) is 0 Å². The topological polar surface area (TPSA) is 48.8 Å². The molecule has 0 unspecified atom stereocenters. The summed E-state index contributed by atoms with van der Waals surface area (Å²) in [5, 5.41) is 7.14. The monoisotopic (exact) mass is 558 g/mol. The number of unbranched alkanes of at least 4 members (excludes halogenated alkanes) is 5. The number of rotatable bonds is 13. The largest absolute Gasteiger partial charge is 0.344 e. The summed E-state index contributed by atoms with van der Waals surface area (Å²) >= 11 is 0. The van der Waals surface area contributed by atoms with E-state index < -0.39 is 0 Å². The fourth-order valence-electron chi connectivity index (χ4n) is 4.74. The quantitative estimate of drug-likeness (QED) is 0.0974. The normalized spacial score (nSPS) is 11.9. The molecule has 0 radical (unpaired) electrons. The molecule has 0 heterocycles. The summed E-state index contributed by atoms with van der Waals surface area (Å²) in [5.74, 6) is 2.06. The third-order valence-electron chi connectivity index (χ3n) is 7.35. The second kappa shape index (κ2) is 16.3. The summed E-state index contributed by atoms with van der Waals surface area (Å²) < 4.78 is 0. The third-order valence-corrected chi connectivity index (χ3v) is 7.35. The maximum Gasteiger partial charge on any atom is 0.107 e. The maximum absolute atomic E-state index is 4.95. The summed E-state index contributed by atoms with van der Waals surface area (Å²) in [6, 6.07) is 33.9. The molecule has 0 atom stereocenters. The summed E-state index contributed by atoms with van der Waals surface area (Å²) in [7, 11) is 0. The zero-order valence-corrected chi connectivity index (χ0v) is 25.8. The molecule has 0 saturated carbocycles. The fourth-order valence-corrected chi connectivity index (χ4v) is 4.74. The van der Waals surface area contributed by atoms with E-state index in [9.17, 15) is 0 Å². The minimum atomic E-state index is 0.940. The van der Waals surface area contributed by atoms with Gasteiger partial charge in [0, 0.05) is 24.2 Å². The Morgan fingerprint density at radius 1 is 0.405 bits per heavy atom. The van der Waals surface area contributed by atoms with Gasteiger partial charge in [-0.1, -0.05) is 96.5 Å². The Hall–Kier alpha value is -4.18. The summed E-state index contributed by atoms with van der Waals surface area (Å²) in [6.07, 6.45) is 9.00. The van der Waals surface area contributed by atoms with Gasteiger partial charge in [0.05, 0.1) is 11.4 Å². The van der Waals surface area contributed by atoms with Crippen molar-refractivity contribution in [2.24, 2.45) is 9.98 Å². The molecule has 42 heavy (non-hydrogen) atoms. The van der Waals surface area contributed by atoms with Crippen LogP contribution in [0.1, 0.15) is 73.6 Å². The Bertz CT molecular complexity index is 1300. The van der Waals surface area contributed by atoms with Gasteiger partial charge in [-0.05, 0) is 89.1 Å². The van der Waals surface area contributed by atoms with Crippen molar-refractivity contribution in [2.45, 2.75) is 79.1 Å². The first-order valence-corrected chi connectivity index (χ1v) is 15.4. The molecule has 2 N–H and O–H groups in total. The van der Waals surface area contributed by atoms with Crippen molar-refractivity contribution >= 4 is 34.4 Å². The summed E-state index contributed by atoms with van der Waals surface area (Å²) in [4.78, 5) is 9.90. The minimum Gasteiger partial charge on any atom is -0.344 e. The molecule has 4 aromatic rings. The van der Waals surface area contributed by atoms with Gasteiger partial charge in [-0.15, -0.1) is 0 Å². The van der Waals surface area contributed by atoms with Crippen molar-refractivity contribution in [3.8, 4) is 0 Å². The van der Waals surface area contributed by atoms with Gasteiger partial charge >= 0.3 is 0 Å². The van der Waals surface area contributed by atoms with E-state index in [4.69, 9.17) is 9.98 Å². The van der Waals surface area contributed by atoms with Crippen molar-refractivity contribution in [3.63, 3.8) is 0 Å². The lowest BCUT2D eigenvalue weighted by Gasteiger charge is -2.12. The first-order valence-electron chi connectivity index (χ1n) is 15.4. The Morgan fingerprint density at radius 2 is 0.690 bits per heavy atom. The molecule has 0 saturated heterocycles. The predicted octanol–water partition coefficient (Wildman–Crippen LogP) is 11.0. The fraction of sp³-hybridized carbons (Fsp3) is 0.316. The first-order chi connectivity index (χ1) is 20.4. The number of benzene rings is 4. The SMILES string of the molecule is Cc1ccc(/N=C(/CCCCCCCC/C(=N/c2ccc(C)cc2)Nc2ccc(C)cc2)Nc2ccc(C)cc2)cc1. The van der Waals surface area contributed by atoms with Crippen LogP contribution in [0, 0.1) is 27.7 Å². The highest BCUT2D eigenvalue weighted by molar-refractivity contribution is 5.97. The number of aryl methyl sites for hydroxylation is 4. The van der Waals surface area contributed by atoms with E-state index in [0.29, 0.717) is 0 Å². The number of anilines is 2. The average molecular weight is 559 g/mol. The number of hydrogen-bond donors (Lipinski definition) is 2. The number of hydrogen-bond acceptors (Lipinski definition) is 2. The molecule has 0 spiro atoms. The van der Waals surface area contributed by atoms with Crippen LogP contribution in [-0.4, -0.2) is 11.7 Å². The average Bonchev–Trinajstić information content (AvgIpc) is 2.99. The van der Waals surface area contributed by atoms with Gasteiger partial charge in [-0.3, -0.25) is 0 Å². The van der Waals surface area contributed by atoms with Crippen LogP contribution >= 0.6 is 0 Å². The highest BCUT2D eigenvalue weighted by atomic mass is 15.0. The zero-order chi connectivity index (χ0) is 29.6. The van der Waals surface area contributed by atoms with Crippen molar-refractivity contribution < 1.29 is 0 Å². The lowest BCUT2D eigenvalue weighted by Crippen LogP contribution is -2.12. The predicted molar refractivity (Wildman–Crippen MR) is 183 cm³/mol. The third kappa shape index (κ3) is 11.0. The number of aliphatic imine (C=N–C) groups is 2. The lowest BCUT2D eigenvalue weighted by atomic mass is 10.1. The van der Waals surface area contributed by atoms with Crippen molar-refractivity contribution in [1.29, 1.82) is 0 Å². The highest BCUT2D eigenvalue weighted by Crippen LogP contribution is 2.19.